The van der Waals surface area contributed by atoms with Gasteiger partial charge in [0, 0.05) is 5.41 Å². The van der Waals surface area contributed by atoms with Crippen molar-refractivity contribution in [2.75, 3.05) is 0 Å². The summed E-state index contributed by atoms with van der Waals surface area (Å²) in [5.41, 5.74) is 5.67. The van der Waals surface area contributed by atoms with Gasteiger partial charge in [0.05, 0.1) is 0 Å². The van der Waals surface area contributed by atoms with Gasteiger partial charge in [0.2, 0.25) is 0 Å². The Balaban J connectivity index is 0.000000605. The van der Waals surface area contributed by atoms with Gasteiger partial charge in [0.25, 0.3) is 0 Å². The lowest BCUT2D eigenvalue weighted by molar-refractivity contribution is 0.667. The Labute approximate surface area is 209 Å². The van der Waals surface area contributed by atoms with Crippen molar-refractivity contribution in [1.29, 1.82) is 0 Å². The van der Waals surface area contributed by atoms with E-state index in [1.54, 1.807) is 0 Å². The predicted octanol–water partition coefficient (Wildman–Crippen LogP) is 10.7. The molecule has 0 N–H and O–H groups in total. The van der Waals surface area contributed by atoms with E-state index >= 15 is 0 Å². The standard InChI is InChI=1S/C31H22.2C2H6/c1-31(2)28-16-12-22-17-20-8-3-4-9-21(20)18-27(22)29(28)26-15-14-24-23-10-6-5-7-19(23)11-13-25(24)30(26)31;2*1-2/h3-18H,1-2H3;2*1-2H3. The summed E-state index contributed by atoms with van der Waals surface area (Å²) in [4.78, 5) is 0. The summed E-state index contributed by atoms with van der Waals surface area (Å²) < 4.78 is 0. The van der Waals surface area contributed by atoms with Crippen LogP contribution in [0.15, 0.2) is 97.1 Å². The minimum absolute atomic E-state index is 0.0352. The van der Waals surface area contributed by atoms with Crippen LogP contribution in [0.3, 0.4) is 0 Å². The van der Waals surface area contributed by atoms with E-state index in [2.05, 4.69) is 111 Å². The Kier molecular flexibility index (Phi) is 5.85. The molecule has 7 rings (SSSR count). The molecule has 0 bridgehead atoms. The number of benzene rings is 6. The Hall–Kier alpha value is -3.64. The molecule has 1 aliphatic rings. The molecule has 174 valence electrons. The second-order valence-electron chi connectivity index (χ2n) is 9.40. The molecule has 0 fully saturated rings. The van der Waals surface area contributed by atoms with Gasteiger partial charge in [0.1, 0.15) is 0 Å². The average Bonchev–Trinajstić information content (AvgIpc) is 3.16. The molecule has 0 atom stereocenters. The van der Waals surface area contributed by atoms with Crippen LogP contribution in [0.5, 0.6) is 0 Å². The highest BCUT2D eigenvalue weighted by atomic mass is 14.4. The van der Waals surface area contributed by atoms with Crippen LogP contribution in [0, 0.1) is 0 Å². The summed E-state index contributed by atoms with van der Waals surface area (Å²) in [5, 5.41) is 10.7. The first-order valence-corrected chi connectivity index (χ1v) is 13.0. The van der Waals surface area contributed by atoms with E-state index in [4.69, 9.17) is 0 Å². The van der Waals surface area contributed by atoms with Crippen LogP contribution in [0.4, 0.5) is 0 Å². The van der Waals surface area contributed by atoms with E-state index in [1.165, 1.54) is 65.3 Å². The summed E-state index contributed by atoms with van der Waals surface area (Å²) in [6, 6.07) is 36.1. The van der Waals surface area contributed by atoms with Crippen LogP contribution in [-0.2, 0) is 5.41 Å². The van der Waals surface area contributed by atoms with Crippen LogP contribution < -0.4 is 0 Å². The lowest BCUT2D eigenvalue weighted by atomic mass is 9.79. The third kappa shape index (κ3) is 3.35. The molecule has 0 heterocycles. The summed E-state index contributed by atoms with van der Waals surface area (Å²) >= 11 is 0. The van der Waals surface area contributed by atoms with Crippen molar-refractivity contribution in [3.63, 3.8) is 0 Å². The van der Waals surface area contributed by atoms with Gasteiger partial charge in [0.15, 0.2) is 0 Å². The average molecular weight is 455 g/mol. The molecule has 0 spiro atoms. The molecule has 0 heteroatoms. The monoisotopic (exact) mass is 454 g/mol. The molecular formula is C35H34. The van der Waals surface area contributed by atoms with Crippen molar-refractivity contribution in [3.8, 4) is 11.1 Å². The maximum absolute atomic E-state index is 2.39. The first-order valence-electron chi connectivity index (χ1n) is 13.0. The van der Waals surface area contributed by atoms with Crippen LogP contribution in [0.2, 0.25) is 0 Å². The highest BCUT2D eigenvalue weighted by molar-refractivity contribution is 6.14. The maximum Gasteiger partial charge on any atom is 0.0165 e. The van der Waals surface area contributed by atoms with Crippen LogP contribution in [0.1, 0.15) is 52.7 Å². The zero-order valence-corrected chi connectivity index (χ0v) is 21.7. The Morgan fingerprint density at radius 2 is 1.06 bits per heavy atom. The van der Waals surface area contributed by atoms with E-state index < -0.39 is 0 Å². The van der Waals surface area contributed by atoms with Crippen LogP contribution in [-0.4, -0.2) is 0 Å². The van der Waals surface area contributed by atoms with Crippen molar-refractivity contribution >= 4 is 43.1 Å². The fourth-order valence-corrected chi connectivity index (χ4v) is 5.93. The summed E-state index contributed by atoms with van der Waals surface area (Å²) in [5.74, 6) is 0. The van der Waals surface area contributed by atoms with Gasteiger partial charge in [-0.1, -0.05) is 126 Å². The molecule has 6 aromatic rings. The number of hydrogen-bond donors (Lipinski definition) is 0. The molecule has 0 radical (unpaired) electrons. The van der Waals surface area contributed by atoms with Gasteiger partial charge < -0.3 is 0 Å². The van der Waals surface area contributed by atoms with Crippen molar-refractivity contribution in [3.05, 3.63) is 108 Å². The lowest BCUT2D eigenvalue weighted by Gasteiger charge is -2.23. The lowest BCUT2D eigenvalue weighted by Crippen LogP contribution is -2.15. The van der Waals surface area contributed by atoms with Crippen molar-refractivity contribution in [1.82, 2.24) is 0 Å². The van der Waals surface area contributed by atoms with E-state index in [0.717, 1.165) is 0 Å². The van der Waals surface area contributed by atoms with E-state index in [0.29, 0.717) is 0 Å². The molecular weight excluding hydrogens is 420 g/mol. The van der Waals surface area contributed by atoms with Gasteiger partial charge in [-0.3, -0.25) is 0 Å². The molecule has 6 aromatic carbocycles. The highest BCUT2D eigenvalue weighted by Crippen LogP contribution is 2.54. The topological polar surface area (TPSA) is 0 Å². The van der Waals surface area contributed by atoms with Gasteiger partial charge >= 0.3 is 0 Å². The SMILES string of the molecule is CC.CC.CC1(C)c2ccc3cc4ccccc4cc3c2-c2ccc3c(ccc4ccccc43)c21. The molecule has 0 nitrogen and oxygen atoms in total. The molecule has 35 heavy (non-hydrogen) atoms. The second-order valence-corrected chi connectivity index (χ2v) is 9.40. The van der Waals surface area contributed by atoms with Gasteiger partial charge in [-0.25, -0.2) is 0 Å². The Morgan fingerprint density at radius 3 is 1.80 bits per heavy atom. The predicted molar refractivity (Wildman–Crippen MR) is 157 cm³/mol. The van der Waals surface area contributed by atoms with E-state index in [-0.39, 0.29) is 5.41 Å². The zero-order valence-electron chi connectivity index (χ0n) is 21.7. The van der Waals surface area contributed by atoms with Gasteiger partial charge in [-0.15, -0.1) is 0 Å². The van der Waals surface area contributed by atoms with Crippen molar-refractivity contribution in [2.24, 2.45) is 0 Å². The molecule has 0 saturated heterocycles. The normalized spacial score (nSPS) is 13.1. The molecule has 0 unspecified atom stereocenters. The summed E-state index contributed by atoms with van der Waals surface area (Å²) in [6.45, 7) is 12.8. The van der Waals surface area contributed by atoms with Crippen LogP contribution in [0.25, 0.3) is 54.2 Å². The van der Waals surface area contributed by atoms with Crippen molar-refractivity contribution < 1.29 is 0 Å². The second kappa shape index (κ2) is 8.86. The summed E-state index contributed by atoms with van der Waals surface area (Å²) in [7, 11) is 0. The molecule has 0 saturated carbocycles. The van der Waals surface area contributed by atoms with Gasteiger partial charge in [-0.05, 0) is 77.5 Å². The Bertz CT molecular complexity index is 1700. The fourth-order valence-electron chi connectivity index (χ4n) is 5.93. The highest BCUT2D eigenvalue weighted by Gasteiger charge is 2.37. The number of fused-ring (bicyclic) bond motifs is 10. The quantitative estimate of drug-likeness (QED) is 0.158. The summed E-state index contributed by atoms with van der Waals surface area (Å²) in [6.07, 6.45) is 0. The molecule has 0 aliphatic heterocycles. The molecule has 0 amide bonds. The molecule has 0 aromatic heterocycles. The van der Waals surface area contributed by atoms with Gasteiger partial charge in [-0.2, -0.15) is 0 Å². The van der Waals surface area contributed by atoms with Crippen molar-refractivity contribution in [2.45, 2.75) is 47.0 Å². The fraction of sp³-hybridized carbons (Fsp3) is 0.200. The van der Waals surface area contributed by atoms with E-state index in [9.17, 15) is 0 Å². The van der Waals surface area contributed by atoms with E-state index in [1.807, 2.05) is 27.7 Å². The minimum atomic E-state index is -0.0352. The third-order valence-electron chi connectivity index (χ3n) is 7.38. The number of rotatable bonds is 0. The third-order valence-corrected chi connectivity index (χ3v) is 7.38. The largest absolute Gasteiger partial charge is 0.0683 e. The smallest absolute Gasteiger partial charge is 0.0165 e. The Morgan fingerprint density at radius 1 is 0.457 bits per heavy atom. The zero-order chi connectivity index (χ0) is 24.7. The molecule has 1 aliphatic carbocycles. The maximum atomic E-state index is 2.39. The number of hydrogen-bond acceptors (Lipinski definition) is 0. The first-order chi connectivity index (χ1) is 17.1. The first kappa shape index (κ1) is 23.1. The van der Waals surface area contributed by atoms with Crippen LogP contribution >= 0.6 is 0 Å². The minimum Gasteiger partial charge on any atom is -0.0683 e.